The monoisotopic (exact) mass is 489 g/mol. The molecule has 0 bridgehead atoms. The van der Waals surface area contributed by atoms with Crippen molar-refractivity contribution in [3.63, 3.8) is 0 Å². The van der Waals surface area contributed by atoms with Gasteiger partial charge in [-0.25, -0.2) is 4.98 Å². The normalized spacial score (nSPS) is 13.3. The van der Waals surface area contributed by atoms with Gasteiger partial charge in [-0.3, -0.25) is 9.59 Å². The molecule has 1 amide bonds. The Morgan fingerprint density at radius 2 is 1.89 bits per heavy atom. The molecule has 2 aromatic carbocycles. The number of nitrogens with zero attached hydrogens (tertiary/aromatic N) is 4. The fourth-order valence-electron chi connectivity index (χ4n) is 4.33. The predicted molar refractivity (Wildman–Crippen MR) is 135 cm³/mol. The summed E-state index contributed by atoms with van der Waals surface area (Å²) in [6.45, 7) is 1.23. The van der Waals surface area contributed by atoms with E-state index in [1.165, 1.54) is 16.4 Å². The molecule has 35 heavy (non-hydrogen) atoms. The van der Waals surface area contributed by atoms with Crippen LogP contribution in [0.15, 0.2) is 64.5 Å². The second kappa shape index (κ2) is 10.4. The minimum atomic E-state index is -0.141. The quantitative estimate of drug-likeness (QED) is 0.315. The first-order valence-corrected chi connectivity index (χ1v) is 12.7. The van der Waals surface area contributed by atoms with Crippen LogP contribution >= 0.6 is 11.8 Å². The van der Waals surface area contributed by atoms with Crippen LogP contribution in [0.1, 0.15) is 30.5 Å². The third-order valence-corrected chi connectivity index (χ3v) is 7.12. The Labute approximate surface area is 207 Å². The van der Waals surface area contributed by atoms with Crippen molar-refractivity contribution in [1.29, 1.82) is 0 Å². The lowest BCUT2D eigenvalue weighted by molar-refractivity contribution is -0.118. The number of hydrogen-bond donors (Lipinski definition) is 1. The van der Waals surface area contributed by atoms with E-state index in [1.807, 2.05) is 54.6 Å². The molecule has 3 heterocycles. The van der Waals surface area contributed by atoms with Gasteiger partial charge in [-0.1, -0.05) is 48.5 Å². The first-order valence-electron chi connectivity index (χ1n) is 11.7. The molecule has 180 valence electrons. The second-order valence-electron chi connectivity index (χ2n) is 8.47. The summed E-state index contributed by atoms with van der Waals surface area (Å²) >= 11 is 1.39. The molecule has 0 radical (unpaired) electrons. The van der Waals surface area contributed by atoms with Gasteiger partial charge < -0.3 is 14.6 Å². The number of carbonyl (C=O) groups excluding carboxylic acids is 1. The van der Waals surface area contributed by atoms with Crippen molar-refractivity contribution >= 4 is 17.7 Å². The number of thioether (sulfide) groups is 1. The van der Waals surface area contributed by atoms with Gasteiger partial charge >= 0.3 is 0 Å². The lowest BCUT2D eigenvalue weighted by Gasteiger charge is -2.17. The van der Waals surface area contributed by atoms with Crippen molar-refractivity contribution < 1.29 is 9.53 Å². The van der Waals surface area contributed by atoms with Gasteiger partial charge in [0.25, 0.3) is 5.56 Å². The third-order valence-electron chi connectivity index (χ3n) is 6.15. The van der Waals surface area contributed by atoms with Crippen LogP contribution in [0.4, 0.5) is 0 Å². The van der Waals surface area contributed by atoms with Crippen LogP contribution in [-0.4, -0.2) is 38.1 Å². The van der Waals surface area contributed by atoms with Crippen LogP contribution in [0.5, 0.6) is 5.75 Å². The number of hydrogen-bond acceptors (Lipinski definition) is 6. The van der Waals surface area contributed by atoms with Crippen LogP contribution in [-0.2, 0) is 24.3 Å². The summed E-state index contributed by atoms with van der Waals surface area (Å²) in [5.74, 6) is 1.38. The van der Waals surface area contributed by atoms with Gasteiger partial charge in [0, 0.05) is 18.8 Å². The van der Waals surface area contributed by atoms with Crippen LogP contribution in [0.2, 0.25) is 0 Å². The zero-order chi connectivity index (χ0) is 24.2. The summed E-state index contributed by atoms with van der Waals surface area (Å²) in [5.41, 5.74) is 3.14. The summed E-state index contributed by atoms with van der Waals surface area (Å²) in [5, 5.41) is 8.25. The number of methoxy groups -OCH3 is 1. The van der Waals surface area contributed by atoms with E-state index in [-0.39, 0.29) is 17.2 Å². The largest absolute Gasteiger partial charge is 0.497 e. The zero-order valence-corrected chi connectivity index (χ0v) is 20.4. The van der Waals surface area contributed by atoms with Gasteiger partial charge in [0.05, 0.1) is 18.6 Å². The maximum absolute atomic E-state index is 13.3. The van der Waals surface area contributed by atoms with E-state index >= 15 is 0 Å². The van der Waals surface area contributed by atoms with Crippen molar-refractivity contribution in [3.8, 4) is 22.8 Å². The van der Waals surface area contributed by atoms with Crippen molar-refractivity contribution in [2.75, 3.05) is 12.9 Å². The Balaban J connectivity index is 1.38. The Morgan fingerprint density at radius 1 is 1.09 bits per heavy atom. The van der Waals surface area contributed by atoms with Gasteiger partial charge in [-0.15, -0.1) is 5.10 Å². The highest BCUT2D eigenvalue weighted by atomic mass is 32.2. The molecule has 3 aliphatic rings. The average molecular weight is 490 g/mol. The van der Waals surface area contributed by atoms with Crippen LogP contribution < -0.4 is 15.6 Å². The van der Waals surface area contributed by atoms with E-state index < -0.39 is 0 Å². The number of ether oxygens (including phenoxy) is 1. The minimum Gasteiger partial charge on any atom is -0.497 e. The molecule has 3 aliphatic heterocycles. The summed E-state index contributed by atoms with van der Waals surface area (Å²) in [6.07, 6.45) is 3.92. The molecule has 1 N–H and O–H groups in total. The number of amides is 1. The highest BCUT2D eigenvalue weighted by molar-refractivity contribution is 7.99. The maximum atomic E-state index is 13.3. The lowest BCUT2D eigenvalue weighted by Crippen LogP contribution is -2.25. The van der Waals surface area contributed by atoms with Gasteiger partial charge in [0.2, 0.25) is 5.91 Å². The van der Waals surface area contributed by atoms with E-state index in [4.69, 9.17) is 9.72 Å². The molecule has 0 unspecified atom stereocenters. The van der Waals surface area contributed by atoms with E-state index in [2.05, 4.69) is 15.0 Å². The van der Waals surface area contributed by atoms with E-state index in [1.54, 1.807) is 7.11 Å². The molecule has 9 heteroatoms. The van der Waals surface area contributed by atoms with Crippen molar-refractivity contribution in [2.24, 2.45) is 0 Å². The number of carbonyl (C=O) groups is 1. The van der Waals surface area contributed by atoms with Crippen LogP contribution in [0, 0.1) is 0 Å². The number of fused-ring (bicyclic) bond motifs is 3. The number of nitrogens with one attached hydrogen (secondary N) is 1. The summed E-state index contributed by atoms with van der Waals surface area (Å²) in [6, 6.07) is 17.0. The molecule has 0 aromatic heterocycles. The zero-order valence-electron chi connectivity index (χ0n) is 19.6. The van der Waals surface area contributed by atoms with Gasteiger partial charge in [0.1, 0.15) is 11.3 Å². The first-order chi connectivity index (χ1) is 17.1. The van der Waals surface area contributed by atoms with Gasteiger partial charge in [-0.2, -0.15) is 4.68 Å². The molecule has 2 aromatic rings. The topological polar surface area (TPSA) is 91.0 Å². The molecular formula is C26H27N5O3S. The molecule has 0 fully saturated rings. The van der Waals surface area contributed by atoms with E-state index in [0.717, 1.165) is 60.1 Å². The maximum Gasteiger partial charge on any atom is 0.284 e. The van der Waals surface area contributed by atoms with Crippen molar-refractivity contribution in [1.82, 2.24) is 24.6 Å². The summed E-state index contributed by atoms with van der Waals surface area (Å²) in [4.78, 5) is 30.7. The summed E-state index contributed by atoms with van der Waals surface area (Å²) in [7, 11) is 1.63. The second-order valence-corrected chi connectivity index (χ2v) is 9.41. The van der Waals surface area contributed by atoms with E-state index in [0.29, 0.717) is 17.9 Å². The van der Waals surface area contributed by atoms with E-state index in [9.17, 15) is 9.59 Å². The molecule has 0 saturated carbocycles. The lowest BCUT2D eigenvalue weighted by atomic mass is 10.1. The molecular weight excluding hydrogens is 462 g/mol. The van der Waals surface area contributed by atoms with Crippen molar-refractivity contribution in [2.45, 2.75) is 43.9 Å². The molecule has 8 nitrogen and oxygen atoms in total. The molecule has 5 rings (SSSR count). The highest BCUT2D eigenvalue weighted by Gasteiger charge is 2.27. The van der Waals surface area contributed by atoms with Crippen LogP contribution in [0.3, 0.4) is 0 Å². The Kier molecular flexibility index (Phi) is 6.85. The number of para-hydroxylation sites is 1. The molecule has 0 saturated heterocycles. The minimum absolute atomic E-state index is 0.0741. The van der Waals surface area contributed by atoms with Gasteiger partial charge in [-0.05, 0) is 49.1 Å². The Bertz CT molecular complexity index is 1350. The first kappa shape index (κ1) is 23.2. The fourth-order valence-corrected chi connectivity index (χ4v) is 5.20. The Hall–Kier alpha value is -3.59. The predicted octanol–water partition coefficient (Wildman–Crippen LogP) is 3.68. The third kappa shape index (κ3) is 4.95. The van der Waals surface area contributed by atoms with Gasteiger partial charge in [0.15, 0.2) is 11.0 Å². The fraction of sp³-hybridized carbons (Fsp3) is 0.308. The summed E-state index contributed by atoms with van der Waals surface area (Å²) < 4.78 is 8.73. The number of aromatic nitrogens is 4. The standard InChI is InChI=1S/C26H27N5O3S/c1-34-20-13-11-18(12-14-20)16-27-22(32)17-35-26-28-24-23(21-10-6-3-7-15-30(21)26)25(33)31(29-24)19-8-4-2-5-9-19/h2,4-5,8-9,11-14H,3,6-7,10,15-17H2,1H3,(H,27,32). The SMILES string of the molecule is COc1ccc(CNC(=O)CSc2nc3nn(-c4ccccc4)c(=O)c-3c3n2CCCCC3)cc1. The average Bonchev–Trinajstić information content (AvgIpc) is 3.05. The van der Waals surface area contributed by atoms with Crippen molar-refractivity contribution in [3.05, 3.63) is 76.2 Å². The molecule has 0 spiro atoms. The molecule has 0 atom stereocenters. The number of benzene rings is 2. The Morgan fingerprint density at radius 3 is 2.66 bits per heavy atom. The number of rotatable bonds is 7. The smallest absolute Gasteiger partial charge is 0.284 e. The highest BCUT2D eigenvalue weighted by Crippen LogP contribution is 2.30. The van der Waals surface area contributed by atoms with Crippen LogP contribution in [0.25, 0.3) is 17.1 Å². The molecule has 0 aliphatic carbocycles.